The van der Waals surface area contributed by atoms with Crippen LogP contribution in [0.4, 0.5) is 5.82 Å². The van der Waals surface area contributed by atoms with Crippen molar-refractivity contribution in [1.82, 2.24) is 20.4 Å². The van der Waals surface area contributed by atoms with Crippen LogP contribution in [0, 0.1) is 5.92 Å². The minimum atomic E-state index is -0.517. The quantitative estimate of drug-likeness (QED) is 0.480. The number of carbonyl (C=O) groups is 2. The van der Waals surface area contributed by atoms with Gasteiger partial charge in [-0.05, 0) is 35.8 Å². The van der Waals surface area contributed by atoms with Crippen LogP contribution in [0.2, 0.25) is 0 Å². The Labute approximate surface area is 192 Å². The van der Waals surface area contributed by atoms with E-state index < -0.39 is 6.29 Å². The number of anilines is 1. The molecular formula is C24H29N5O2S. The fraction of sp³-hybridized carbons (Fsp3) is 0.375. The Bertz CT molecular complexity index is 1050. The Morgan fingerprint density at radius 2 is 2.06 bits per heavy atom. The van der Waals surface area contributed by atoms with Gasteiger partial charge in [0.15, 0.2) is 6.29 Å². The smallest absolute Gasteiger partial charge is 0.225 e. The number of benzene rings is 1. The van der Waals surface area contributed by atoms with E-state index in [9.17, 15) is 9.59 Å². The molecule has 3 heterocycles. The number of carbonyl (C=O) groups excluding carboxylic acids is 2. The van der Waals surface area contributed by atoms with E-state index in [1.165, 1.54) is 5.56 Å². The van der Waals surface area contributed by atoms with Crippen molar-refractivity contribution in [2.45, 2.75) is 51.9 Å². The van der Waals surface area contributed by atoms with E-state index in [-0.39, 0.29) is 17.9 Å². The van der Waals surface area contributed by atoms with Crippen LogP contribution in [0.15, 0.2) is 53.9 Å². The fourth-order valence-corrected chi connectivity index (χ4v) is 4.49. The van der Waals surface area contributed by atoms with Crippen molar-refractivity contribution >= 4 is 29.0 Å². The second-order valence-electron chi connectivity index (χ2n) is 8.42. The summed E-state index contributed by atoms with van der Waals surface area (Å²) in [6.07, 6.45) is 1.93. The second-order valence-corrected chi connectivity index (χ2v) is 9.36. The van der Waals surface area contributed by atoms with Gasteiger partial charge < -0.3 is 10.6 Å². The Morgan fingerprint density at radius 3 is 2.78 bits per heavy atom. The van der Waals surface area contributed by atoms with Crippen LogP contribution in [0.1, 0.15) is 45.0 Å². The van der Waals surface area contributed by atoms with E-state index >= 15 is 0 Å². The first kappa shape index (κ1) is 22.2. The molecule has 7 nitrogen and oxygen atoms in total. The number of nitrogens with one attached hydrogen (secondary N) is 3. The maximum atomic E-state index is 12.7. The second kappa shape index (κ2) is 10.1. The van der Waals surface area contributed by atoms with Gasteiger partial charge in [0.05, 0.1) is 4.88 Å². The average molecular weight is 452 g/mol. The van der Waals surface area contributed by atoms with Gasteiger partial charge in [-0.1, -0.05) is 50.2 Å². The molecule has 1 saturated heterocycles. The predicted octanol–water partition coefficient (Wildman–Crippen LogP) is 4.16. The number of aromatic nitrogens is 2. The van der Waals surface area contributed by atoms with Crippen molar-refractivity contribution in [1.29, 1.82) is 0 Å². The summed E-state index contributed by atoms with van der Waals surface area (Å²) in [7, 11) is 0. The van der Waals surface area contributed by atoms with E-state index in [0.29, 0.717) is 24.6 Å². The lowest BCUT2D eigenvalue weighted by Crippen LogP contribution is -2.55. The molecule has 1 aliphatic heterocycles. The van der Waals surface area contributed by atoms with Crippen LogP contribution < -0.4 is 16.0 Å². The van der Waals surface area contributed by atoms with Crippen molar-refractivity contribution in [3.05, 3.63) is 59.5 Å². The number of amides is 2. The number of hydrogen-bond acceptors (Lipinski definition) is 5. The zero-order chi connectivity index (χ0) is 22.5. The standard InChI is InChI=1S/C24H29N5O2S/c1-16(2)18-15-23(31)27-24(25-18)29-21(14-19(28-29)20-11-7-13-32-20)26-22(30)12-6-10-17-8-4-3-5-9-17/h3-5,7-9,11,13-14,16,18,24-25H,6,10,12,15H2,1-2H3,(H,26,30)(H,27,31). The highest BCUT2D eigenvalue weighted by Crippen LogP contribution is 2.28. The molecule has 2 amide bonds. The largest absolute Gasteiger partial charge is 0.322 e. The number of rotatable bonds is 8. The first-order valence-corrected chi connectivity index (χ1v) is 11.9. The SMILES string of the molecule is CC(C)C1CC(=O)NC(n2nc(-c3cccs3)cc2NC(=O)CCCc2ccccc2)N1. The van der Waals surface area contributed by atoms with Gasteiger partial charge in [-0.3, -0.25) is 14.9 Å². The molecular weight excluding hydrogens is 422 g/mol. The summed E-state index contributed by atoms with van der Waals surface area (Å²) < 4.78 is 1.68. The van der Waals surface area contributed by atoms with Gasteiger partial charge in [0.2, 0.25) is 11.8 Å². The summed E-state index contributed by atoms with van der Waals surface area (Å²) in [6, 6.07) is 16.0. The molecule has 0 radical (unpaired) electrons. The third kappa shape index (κ3) is 5.44. The van der Waals surface area contributed by atoms with Gasteiger partial charge in [0.1, 0.15) is 11.5 Å². The highest BCUT2D eigenvalue weighted by molar-refractivity contribution is 7.13. The number of thiophene rings is 1. The zero-order valence-corrected chi connectivity index (χ0v) is 19.2. The molecule has 32 heavy (non-hydrogen) atoms. The molecule has 8 heteroatoms. The average Bonchev–Trinajstić information content (AvgIpc) is 3.44. The third-order valence-corrected chi connectivity index (χ3v) is 6.51. The Balaban J connectivity index is 1.50. The zero-order valence-electron chi connectivity index (χ0n) is 18.4. The molecule has 4 rings (SSSR count). The van der Waals surface area contributed by atoms with Crippen LogP contribution in [0.25, 0.3) is 10.6 Å². The van der Waals surface area contributed by atoms with Crippen molar-refractivity contribution in [2.75, 3.05) is 5.32 Å². The molecule has 0 bridgehead atoms. The third-order valence-electron chi connectivity index (χ3n) is 5.61. The molecule has 0 aliphatic carbocycles. The van der Waals surface area contributed by atoms with Crippen LogP contribution in [-0.2, 0) is 16.0 Å². The lowest BCUT2D eigenvalue weighted by Gasteiger charge is -2.34. The van der Waals surface area contributed by atoms with E-state index in [0.717, 1.165) is 23.4 Å². The number of nitrogens with zero attached hydrogens (tertiary/aromatic N) is 2. The lowest BCUT2D eigenvalue weighted by molar-refractivity contribution is -0.126. The minimum absolute atomic E-state index is 0.0271. The van der Waals surface area contributed by atoms with Gasteiger partial charge in [-0.25, -0.2) is 4.68 Å². The van der Waals surface area contributed by atoms with E-state index in [1.807, 2.05) is 41.8 Å². The molecule has 1 fully saturated rings. The Kier molecular flexibility index (Phi) is 7.02. The van der Waals surface area contributed by atoms with Gasteiger partial charge >= 0.3 is 0 Å². The van der Waals surface area contributed by atoms with Crippen molar-refractivity contribution in [3.63, 3.8) is 0 Å². The summed E-state index contributed by atoms with van der Waals surface area (Å²) in [4.78, 5) is 26.0. The molecule has 0 spiro atoms. The molecule has 1 aromatic carbocycles. The maximum absolute atomic E-state index is 12.7. The van der Waals surface area contributed by atoms with Crippen LogP contribution >= 0.6 is 11.3 Å². The van der Waals surface area contributed by atoms with Gasteiger partial charge in [-0.2, -0.15) is 5.10 Å². The molecule has 168 valence electrons. The monoisotopic (exact) mass is 451 g/mol. The van der Waals surface area contributed by atoms with Crippen LogP contribution in [0.5, 0.6) is 0 Å². The molecule has 3 N–H and O–H groups in total. The predicted molar refractivity (Wildman–Crippen MR) is 127 cm³/mol. The number of aryl methyl sites for hydroxylation is 1. The Morgan fingerprint density at radius 1 is 1.25 bits per heavy atom. The Hall–Kier alpha value is -2.97. The highest BCUT2D eigenvalue weighted by atomic mass is 32.1. The van der Waals surface area contributed by atoms with Gasteiger partial charge in [0, 0.05) is 24.9 Å². The maximum Gasteiger partial charge on any atom is 0.225 e. The number of hydrogen-bond donors (Lipinski definition) is 3. The summed E-state index contributed by atoms with van der Waals surface area (Å²) in [5.41, 5.74) is 1.99. The fourth-order valence-electron chi connectivity index (χ4n) is 3.81. The van der Waals surface area contributed by atoms with Crippen LogP contribution in [0.3, 0.4) is 0 Å². The van der Waals surface area contributed by atoms with E-state index in [1.54, 1.807) is 16.0 Å². The van der Waals surface area contributed by atoms with Crippen LogP contribution in [-0.4, -0.2) is 27.6 Å². The van der Waals surface area contributed by atoms with Crippen molar-refractivity contribution in [2.24, 2.45) is 5.92 Å². The van der Waals surface area contributed by atoms with Gasteiger partial charge in [0.25, 0.3) is 0 Å². The van der Waals surface area contributed by atoms with Gasteiger partial charge in [-0.15, -0.1) is 11.3 Å². The van der Waals surface area contributed by atoms with E-state index in [2.05, 4.69) is 41.9 Å². The first-order chi connectivity index (χ1) is 15.5. The molecule has 2 unspecified atom stereocenters. The molecule has 1 aliphatic rings. The normalized spacial score (nSPS) is 18.5. The van der Waals surface area contributed by atoms with Crippen molar-refractivity contribution < 1.29 is 9.59 Å². The highest BCUT2D eigenvalue weighted by Gasteiger charge is 2.31. The topological polar surface area (TPSA) is 88.1 Å². The first-order valence-electron chi connectivity index (χ1n) is 11.0. The summed E-state index contributed by atoms with van der Waals surface area (Å²) in [5, 5.41) is 16.1. The molecule has 2 aromatic heterocycles. The lowest BCUT2D eigenvalue weighted by atomic mass is 9.99. The summed E-state index contributed by atoms with van der Waals surface area (Å²) >= 11 is 1.58. The van der Waals surface area contributed by atoms with E-state index in [4.69, 9.17) is 5.10 Å². The molecule has 0 saturated carbocycles. The van der Waals surface area contributed by atoms with Crippen molar-refractivity contribution in [3.8, 4) is 10.6 Å². The minimum Gasteiger partial charge on any atom is -0.322 e. The summed E-state index contributed by atoms with van der Waals surface area (Å²) in [5.74, 6) is 0.773. The summed E-state index contributed by atoms with van der Waals surface area (Å²) in [6.45, 7) is 4.17. The molecule has 2 atom stereocenters. The molecule has 3 aromatic rings.